The number of nitriles is 1. The Hall–Kier alpha value is -1.86. The van der Waals surface area contributed by atoms with Crippen LogP contribution in [-0.2, 0) is 0 Å². The minimum absolute atomic E-state index is 0. The Morgan fingerprint density at radius 3 is 1.05 bits per heavy atom. The van der Waals surface area contributed by atoms with Crippen LogP contribution in [0.15, 0.2) is 91.0 Å². The number of benzene rings is 3. The average molecular weight is 473 g/mol. The van der Waals surface area contributed by atoms with E-state index in [1.54, 1.807) is 0 Å². The van der Waals surface area contributed by atoms with Crippen molar-refractivity contribution in [2.24, 2.45) is 0 Å². The van der Waals surface area contributed by atoms with Crippen molar-refractivity contribution in [3.63, 3.8) is 0 Å². The summed E-state index contributed by atoms with van der Waals surface area (Å²) in [7, 11) is 0. The summed E-state index contributed by atoms with van der Waals surface area (Å²) in [5.74, 6) is 2.63. The molecule has 0 aliphatic rings. The second kappa shape index (κ2) is 7.42. The van der Waals surface area contributed by atoms with Crippen molar-refractivity contribution >= 4 is 49.8 Å². The topological polar surface area (TPSA) is 23.8 Å². The minimum atomic E-state index is -1.59. The maximum Gasteiger partial charge on any atom is 1.00 e. The van der Waals surface area contributed by atoms with Crippen molar-refractivity contribution in [1.82, 2.24) is 0 Å². The third-order valence-electron chi connectivity index (χ3n) is 4.09. The van der Waals surface area contributed by atoms with Gasteiger partial charge < -0.3 is 0 Å². The third kappa shape index (κ3) is 2.86. The van der Waals surface area contributed by atoms with Gasteiger partial charge >= 0.3 is 27.3 Å². The van der Waals surface area contributed by atoms with Gasteiger partial charge in [-0.3, -0.25) is 0 Å². The van der Waals surface area contributed by atoms with Crippen molar-refractivity contribution in [3.8, 4) is 5.97 Å². The predicted octanol–water partition coefficient (Wildman–Crippen LogP) is 1.84. The molecular formula is C19H15BNTl. The molecule has 0 aliphatic heterocycles. The fourth-order valence-corrected chi connectivity index (χ4v) is 3.03. The van der Waals surface area contributed by atoms with Gasteiger partial charge in [0.25, 0.3) is 0 Å². The molecule has 0 saturated carbocycles. The summed E-state index contributed by atoms with van der Waals surface area (Å²) < 4.78 is 0. The summed E-state index contributed by atoms with van der Waals surface area (Å²) in [6.45, 7) is 0. The number of rotatable bonds is 3. The smallest absolute Gasteiger partial charge is 0.248 e. The van der Waals surface area contributed by atoms with Crippen LogP contribution in [0.4, 0.5) is 0 Å². The van der Waals surface area contributed by atoms with Crippen molar-refractivity contribution in [3.05, 3.63) is 91.0 Å². The number of hydrogen-bond donors (Lipinski definition) is 0. The molecule has 0 saturated heterocycles. The molecule has 3 heteroatoms. The molecule has 0 unspecified atom stereocenters. The summed E-state index contributed by atoms with van der Waals surface area (Å²) in [4.78, 5) is 0. The Balaban J connectivity index is 0.00000176. The molecule has 3 aromatic carbocycles. The molecule has 0 amide bonds. The van der Waals surface area contributed by atoms with E-state index in [9.17, 15) is 5.26 Å². The van der Waals surface area contributed by atoms with Gasteiger partial charge in [0.2, 0.25) is 0 Å². The van der Waals surface area contributed by atoms with Gasteiger partial charge in [-0.25, -0.2) is 5.26 Å². The van der Waals surface area contributed by atoms with Crippen LogP contribution in [-0.4, -0.2) is 33.4 Å². The zero-order valence-corrected chi connectivity index (χ0v) is 16.8. The van der Waals surface area contributed by atoms with E-state index in [0.717, 1.165) is 16.4 Å². The molecule has 0 aliphatic carbocycles. The fraction of sp³-hybridized carbons (Fsp3) is 0. The Labute approximate surface area is 151 Å². The summed E-state index contributed by atoms with van der Waals surface area (Å²) in [6.07, 6.45) is -1.59. The standard InChI is InChI=1S/C19H15BN.Tl/c21-16-20(17-10-4-1-5-11-17,18-12-6-2-7-13-18)19-14-8-3-9-15-19;/h1-15H;/q-1;+1. The molecule has 3 rings (SSSR count). The molecule has 0 bridgehead atoms. The maximum absolute atomic E-state index is 10.1. The van der Waals surface area contributed by atoms with E-state index in [0.29, 0.717) is 0 Å². The summed E-state index contributed by atoms with van der Waals surface area (Å²) in [5, 5.41) is 10.1. The number of hydrogen-bond acceptors (Lipinski definition) is 1. The second-order valence-electron chi connectivity index (χ2n) is 5.23. The third-order valence-corrected chi connectivity index (χ3v) is 4.09. The SMILES string of the molecule is N#C[B-](c1ccccc1)(c1ccccc1)c1ccccc1.[Tl+]. The molecule has 0 aromatic heterocycles. The zero-order valence-electron chi connectivity index (χ0n) is 12.3. The molecule has 102 valence electrons. The van der Waals surface area contributed by atoms with E-state index in [2.05, 4.69) is 5.97 Å². The number of nitrogens with zero attached hydrogens (tertiary/aromatic N) is 1. The van der Waals surface area contributed by atoms with Crippen LogP contribution >= 0.6 is 0 Å². The van der Waals surface area contributed by atoms with Crippen LogP contribution in [0.1, 0.15) is 0 Å². The summed E-state index contributed by atoms with van der Waals surface area (Å²) in [5.41, 5.74) is 3.16. The van der Waals surface area contributed by atoms with Gasteiger partial charge in [-0.1, -0.05) is 91.0 Å². The fourth-order valence-electron chi connectivity index (χ4n) is 3.03. The molecule has 3 aromatic rings. The molecular weight excluding hydrogens is 457 g/mol. The maximum atomic E-state index is 10.1. The molecule has 0 N–H and O–H groups in total. The molecule has 0 radical (unpaired) electrons. The predicted molar refractivity (Wildman–Crippen MR) is 95.3 cm³/mol. The van der Waals surface area contributed by atoms with Crippen LogP contribution < -0.4 is 16.4 Å². The van der Waals surface area contributed by atoms with Crippen LogP contribution in [0.3, 0.4) is 0 Å². The van der Waals surface area contributed by atoms with Gasteiger partial charge in [0.1, 0.15) is 0 Å². The average Bonchev–Trinajstić information content (AvgIpc) is 2.59. The quantitative estimate of drug-likeness (QED) is 0.534. The van der Waals surface area contributed by atoms with Gasteiger partial charge in [0, 0.05) is 0 Å². The zero-order chi connectivity index (χ0) is 14.5. The van der Waals surface area contributed by atoms with Gasteiger partial charge in [-0.2, -0.15) is 16.4 Å². The molecule has 0 atom stereocenters. The molecule has 0 fully saturated rings. The van der Waals surface area contributed by atoms with Crippen molar-refractivity contribution in [2.45, 2.75) is 0 Å². The van der Waals surface area contributed by atoms with Crippen molar-refractivity contribution < 1.29 is 0 Å². The largest absolute Gasteiger partial charge is 1.00 e. The van der Waals surface area contributed by atoms with E-state index in [4.69, 9.17) is 0 Å². The molecule has 0 spiro atoms. The first-order chi connectivity index (χ1) is 10.4. The Morgan fingerprint density at radius 1 is 0.545 bits per heavy atom. The monoisotopic (exact) mass is 473 g/mol. The Morgan fingerprint density at radius 2 is 0.818 bits per heavy atom. The summed E-state index contributed by atoms with van der Waals surface area (Å²) in [6, 6.07) is 30.2. The van der Waals surface area contributed by atoms with E-state index < -0.39 is 6.15 Å². The first kappa shape index (κ1) is 16.5. The van der Waals surface area contributed by atoms with E-state index >= 15 is 0 Å². The first-order valence-corrected chi connectivity index (χ1v) is 7.11. The molecule has 1 nitrogen and oxygen atoms in total. The van der Waals surface area contributed by atoms with Gasteiger partial charge in [-0.05, 0) is 0 Å². The van der Waals surface area contributed by atoms with Crippen LogP contribution in [0.2, 0.25) is 0 Å². The Bertz CT molecular complexity index is 655. The van der Waals surface area contributed by atoms with Crippen LogP contribution in [0, 0.1) is 11.2 Å². The second-order valence-corrected chi connectivity index (χ2v) is 5.23. The normalized spacial score (nSPS) is 10.3. The molecule has 22 heavy (non-hydrogen) atoms. The van der Waals surface area contributed by atoms with Gasteiger partial charge in [-0.15, -0.1) is 5.97 Å². The minimum Gasteiger partial charge on any atom is -0.248 e. The molecule has 0 heterocycles. The van der Waals surface area contributed by atoms with E-state index in [1.165, 1.54) is 0 Å². The van der Waals surface area contributed by atoms with Gasteiger partial charge in [0.05, 0.1) is 0 Å². The van der Waals surface area contributed by atoms with Crippen molar-refractivity contribution in [1.29, 1.82) is 5.26 Å². The van der Waals surface area contributed by atoms with Crippen LogP contribution in [0.5, 0.6) is 0 Å². The first-order valence-electron chi connectivity index (χ1n) is 7.11. The van der Waals surface area contributed by atoms with Gasteiger partial charge in [0.15, 0.2) is 6.15 Å². The van der Waals surface area contributed by atoms with Crippen molar-refractivity contribution in [2.75, 3.05) is 0 Å². The van der Waals surface area contributed by atoms with E-state index in [-0.39, 0.29) is 27.3 Å². The summed E-state index contributed by atoms with van der Waals surface area (Å²) >= 11 is 0. The van der Waals surface area contributed by atoms with E-state index in [1.807, 2.05) is 91.0 Å². The Kier molecular flexibility index (Phi) is 5.56. The van der Waals surface area contributed by atoms with Crippen LogP contribution in [0.25, 0.3) is 0 Å².